The summed E-state index contributed by atoms with van der Waals surface area (Å²) in [4.78, 5) is 0. The summed E-state index contributed by atoms with van der Waals surface area (Å²) in [6.07, 6.45) is 8.73. The highest BCUT2D eigenvalue weighted by Crippen LogP contribution is 2.33. The minimum Gasteiger partial charge on any atom is -0.122 e. The molecule has 1 fully saturated rings. The second kappa shape index (κ2) is 6.98. The minimum absolute atomic E-state index is 0.605. The quantitative estimate of drug-likeness (QED) is 0.562. The first-order valence-corrected chi connectivity index (χ1v) is 8.12. The van der Waals surface area contributed by atoms with Gasteiger partial charge in [-0.3, -0.25) is 0 Å². The Morgan fingerprint density at radius 2 is 2.00 bits per heavy atom. The van der Waals surface area contributed by atoms with Gasteiger partial charge in [0, 0.05) is 15.4 Å². The van der Waals surface area contributed by atoms with Crippen molar-refractivity contribution in [2.45, 2.75) is 32.1 Å². The first-order chi connectivity index (χ1) is 8.70. The van der Waals surface area contributed by atoms with Gasteiger partial charge in [-0.05, 0) is 42.5 Å². The van der Waals surface area contributed by atoms with Gasteiger partial charge in [-0.1, -0.05) is 58.4 Å². The zero-order valence-corrected chi connectivity index (χ0v) is 13.4. The molecule has 1 aromatic carbocycles. The molecule has 0 spiro atoms. The lowest BCUT2D eigenvalue weighted by atomic mass is 9.84. The lowest BCUT2D eigenvalue weighted by molar-refractivity contribution is 0.405. The maximum atomic E-state index is 6.23. The number of rotatable bonds is 3. The van der Waals surface area contributed by atoms with Crippen molar-refractivity contribution < 1.29 is 0 Å². The molecular formula is C15H17BrCl2. The summed E-state index contributed by atoms with van der Waals surface area (Å²) in [6.45, 7) is 0. The third-order valence-corrected chi connectivity index (χ3v) is 4.73. The van der Waals surface area contributed by atoms with Crippen LogP contribution in [-0.2, 0) is 0 Å². The topological polar surface area (TPSA) is 0 Å². The van der Waals surface area contributed by atoms with E-state index in [2.05, 4.69) is 28.1 Å². The third-order valence-electron chi connectivity index (χ3n) is 3.58. The van der Waals surface area contributed by atoms with Crippen molar-refractivity contribution in [3.05, 3.63) is 38.8 Å². The highest BCUT2D eigenvalue weighted by molar-refractivity contribution is 9.10. The predicted octanol–water partition coefficient (Wildman–Crippen LogP) is 6.31. The van der Waals surface area contributed by atoms with Gasteiger partial charge < -0.3 is 0 Å². The Kier molecular flexibility index (Phi) is 5.59. The van der Waals surface area contributed by atoms with Crippen molar-refractivity contribution in [3.63, 3.8) is 0 Å². The second-order valence-electron chi connectivity index (χ2n) is 4.85. The molecule has 0 N–H and O–H groups in total. The van der Waals surface area contributed by atoms with E-state index in [-0.39, 0.29) is 0 Å². The number of benzene rings is 1. The van der Waals surface area contributed by atoms with Crippen LogP contribution in [0.3, 0.4) is 0 Å². The molecule has 0 radical (unpaired) electrons. The molecule has 1 aliphatic rings. The molecular weight excluding hydrogens is 331 g/mol. The molecule has 2 rings (SSSR count). The number of halogens is 3. The Bertz CT molecular complexity index is 434. The van der Waals surface area contributed by atoms with Crippen LogP contribution in [0, 0.1) is 5.92 Å². The van der Waals surface area contributed by atoms with Gasteiger partial charge >= 0.3 is 0 Å². The fourth-order valence-corrected chi connectivity index (χ4v) is 3.41. The van der Waals surface area contributed by atoms with E-state index in [1.54, 1.807) is 0 Å². The van der Waals surface area contributed by atoms with Crippen LogP contribution >= 0.6 is 39.1 Å². The Morgan fingerprint density at radius 1 is 1.28 bits per heavy atom. The Labute approximate surface area is 127 Å². The van der Waals surface area contributed by atoms with Crippen LogP contribution in [-0.4, -0.2) is 5.88 Å². The summed E-state index contributed by atoms with van der Waals surface area (Å²) >= 11 is 15.8. The average Bonchev–Trinajstić information content (AvgIpc) is 2.41. The molecule has 0 atom stereocenters. The molecule has 1 aromatic rings. The number of allylic oxidation sites excluding steroid dienone is 1. The molecule has 0 aromatic heterocycles. The Morgan fingerprint density at radius 3 is 2.67 bits per heavy atom. The number of hydrogen-bond acceptors (Lipinski definition) is 0. The molecule has 1 aliphatic carbocycles. The van der Waals surface area contributed by atoms with Gasteiger partial charge in [0.25, 0.3) is 0 Å². The molecule has 0 heterocycles. The van der Waals surface area contributed by atoms with Gasteiger partial charge in [0.05, 0.1) is 0 Å². The lowest BCUT2D eigenvalue weighted by Crippen LogP contribution is -2.10. The highest BCUT2D eigenvalue weighted by atomic mass is 79.9. The molecule has 1 saturated carbocycles. The van der Waals surface area contributed by atoms with Gasteiger partial charge in [-0.15, -0.1) is 11.6 Å². The average molecular weight is 348 g/mol. The van der Waals surface area contributed by atoms with Gasteiger partial charge in [0.1, 0.15) is 0 Å². The van der Waals surface area contributed by atoms with Crippen molar-refractivity contribution in [3.8, 4) is 0 Å². The van der Waals surface area contributed by atoms with Crippen LogP contribution in [0.2, 0.25) is 5.02 Å². The van der Waals surface area contributed by atoms with E-state index in [1.807, 2.05) is 12.1 Å². The van der Waals surface area contributed by atoms with E-state index in [9.17, 15) is 0 Å². The molecule has 0 bridgehead atoms. The van der Waals surface area contributed by atoms with Crippen LogP contribution in [0.15, 0.2) is 28.2 Å². The van der Waals surface area contributed by atoms with Crippen molar-refractivity contribution >= 4 is 45.2 Å². The third kappa shape index (κ3) is 3.76. The zero-order valence-electron chi connectivity index (χ0n) is 10.3. The minimum atomic E-state index is 0.605. The van der Waals surface area contributed by atoms with Gasteiger partial charge in [0.15, 0.2) is 0 Å². The van der Waals surface area contributed by atoms with Gasteiger partial charge in [0.2, 0.25) is 0 Å². The number of alkyl halides is 1. The molecule has 0 unspecified atom stereocenters. The largest absolute Gasteiger partial charge is 0.122 e. The standard InChI is InChI=1S/C15H17BrCl2/c16-14-6-7-15(18)12(9-14)8-13(10-17)11-4-2-1-3-5-11/h6-9,11H,1-5,10H2/b13-8-. The predicted molar refractivity (Wildman–Crippen MR) is 84.4 cm³/mol. The normalized spacial score (nSPS) is 18.1. The molecule has 0 amide bonds. The Hall–Kier alpha value is 0.0200. The molecule has 0 nitrogen and oxygen atoms in total. The first-order valence-electron chi connectivity index (χ1n) is 6.42. The van der Waals surface area contributed by atoms with Crippen LogP contribution in [0.25, 0.3) is 6.08 Å². The van der Waals surface area contributed by atoms with E-state index < -0.39 is 0 Å². The first kappa shape index (κ1) is 14.4. The van der Waals surface area contributed by atoms with E-state index in [4.69, 9.17) is 23.2 Å². The Balaban J connectivity index is 2.24. The van der Waals surface area contributed by atoms with Crippen LogP contribution in [0.5, 0.6) is 0 Å². The van der Waals surface area contributed by atoms with Crippen molar-refractivity contribution in [2.75, 3.05) is 5.88 Å². The monoisotopic (exact) mass is 346 g/mol. The smallest absolute Gasteiger partial charge is 0.0479 e. The van der Waals surface area contributed by atoms with E-state index in [1.165, 1.54) is 37.7 Å². The van der Waals surface area contributed by atoms with Crippen molar-refractivity contribution in [2.24, 2.45) is 5.92 Å². The van der Waals surface area contributed by atoms with Crippen LogP contribution < -0.4 is 0 Å². The van der Waals surface area contributed by atoms with Crippen LogP contribution in [0.1, 0.15) is 37.7 Å². The van der Waals surface area contributed by atoms with E-state index in [0.717, 1.165) is 15.1 Å². The fraction of sp³-hybridized carbons (Fsp3) is 0.467. The van der Waals surface area contributed by atoms with Crippen LogP contribution in [0.4, 0.5) is 0 Å². The summed E-state index contributed by atoms with van der Waals surface area (Å²) in [6, 6.07) is 5.93. The molecule has 0 aliphatic heterocycles. The summed E-state index contributed by atoms with van der Waals surface area (Å²) in [5.74, 6) is 1.25. The highest BCUT2D eigenvalue weighted by Gasteiger charge is 2.17. The zero-order chi connectivity index (χ0) is 13.0. The molecule has 18 heavy (non-hydrogen) atoms. The number of hydrogen-bond donors (Lipinski definition) is 0. The van der Waals surface area contributed by atoms with Gasteiger partial charge in [-0.25, -0.2) is 0 Å². The summed E-state index contributed by atoms with van der Waals surface area (Å²) in [5.41, 5.74) is 2.39. The summed E-state index contributed by atoms with van der Waals surface area (Å²) in [5, 5.41) is 0.789. The SMILES string of the molecule is ClC/C(=C/c1cc(Br)ccc1Cl)C1CCCCC1. The van der Waals surface area contributed by atoms with E-state index in [0.29, 0.717) is 11.8 Å². The lowest BCUT2D eigenvalue weighted by Gasteiger charge is -2.23. The maximum Gasteiger partial charge on any atom is 0.0479 e. The van der Waals surface area contributed by atoms with Crippen molar-refractivity contribution in [1.82, 2.24) is 0 Å². The summed E-state index contributed by atoms with van der Waals surface area (Å²) < 4.78 is 1.05. The molecule has 3 heteroatoms. The van der Waals surface area contributed by atoms with E-state index >= 15 is 0 Å². The van der Waals surface area contributed by atoms with Gasteiger partial charge in [-0.2, -0.15) is 0 Å². The molecule has 98 valence electrons. The maximum absolute atomic E-state index is 6.23. The second-order valence-corrected chi connectivity index (χ2v) is 6.44. The fourth-order valence-electron chi connectivity index (χ4n) is 2.56. The van der Waals surface area contributed by atoms with Crippen molar-refractivity contribution in [1.29, 1.82) is 0 Å². The summed E-state index contributed by atoms with van der Waals surface area (Å²) in [7, 11) is 0. The molecule has 0 saturated heterocycles.